The summed E-state index contributed by atoms with van der Waals surface area (Å²) >= 11 is 0. The molecule has 42 heavy (non-hydrogen) atoms. The van der Waals surface area contributed by atoms with Gasteiger partial charge >= 0.3 is 0 Å². The smallest absolute Gasteiger partial charge is 0.101 e. The van der Waals surface area contributed by atoms with Crippen molar-refractivity contribution in [2.24, 2.45) is 0 Å². The number of aromatic nitrogens is 2. The first-order valence-corrected chi connectivity index (χ1v) is 13.8. The van der Waals surface area contributed by atoms with E-state index < -0.39 is 0 Å². The first kappa shape index (κ1) is 25.0. The van der Waals surface area contributed by atoms with E-state index in [1.807, 2.05) is 66.7 Å². The molecule has 196 valence electrons. The van der Waals surface area contributed by atoms with Crippen LogP contribution < -0.4 is 0 Å². The Bertz CT molecular complexity index is 2170. The average Bonchev–Trinajstić information content (AvgIpc) is 3.56. The van der Waals surface area contributed by atoms with Crippen molar-refractivity contribution < 1.29 is 0 Å². The molecule has 7 rings (SSSR count). The Balaban J connectivity index is 1.41. The van der Waals surface area contributed by atoms with Gasteiger partial charge in [-0.25, -0.2) is 0 Å². The van der Waals surface area contributed by atoms with Crippen molar-refractivity contribution in [2.45, 2.75) is 12.5 Å². The van der Waals surface area contributed by atoms with Gasteiger partial charge < -0.3 is 9.13 Å². The highest BCUT2D eigenvalue weighted by molar-refractivity contribution is 6.10. The highest BCUT2D eigenvalue weighted by atomic mass is 15.0. The van der Waals surface area contributed by atoms with E-state index in [1.54, 1.807) is 6.07 Å². The van der Waals surface area contributed by atoms with E-state index in [1.165, 1.54) is 0 Å². The van der Waals surface area contributed by atoms with E-state index in [2.05, 4.69) is 82.4 Å². The molecule has 1 atom stereocenters. The van der Waals surface area contributed by atoms with Crippen molar-refractivity contribution in [3.8, 4) is 17.8 Å². The lowest BCUT2D eigenvalue weighted by molar-refractivity contribution is 0.655. The van der Waals surface area contributed by atoms with Gasteiger partial charge in [-0.2, -0.15) is 10.5 Å². The maximum Gasteiger partial charge on any atom is 0.101 e. The molecule has 0 aliphatic carbocycles. The topological polar surface area (TPSA) is 57.4 Å². The summed E-state index contributed by atoms with van der Waals surface area (Å²) in [6.45, 7) is 4.15. The first-order chi connectivity index (χ1) is 20.7. The molecule has 5 aromatic carbocycles. The van der Waals surface area contributed by atoms with Gasteiger partial charge in [0.1, 0.15) is 5.52 Å². The molecule has 4 nitrogen and oxygen atoms in total. The second-order valence-corrected chi connectivity index (χ2v) is 10.2. The summed E-state index contributed by atoms with van der Waals surface area (Å²) in [5, 5.41) is 25.2. The van der Waals surface area contributed by atoms with Gasteiger partial charge in [-0.15, -0.1) is 6.58 Å². The number of rotatable bonds is 6. The zero-order chi connectivity index (χ0) is 28.6. The number of para-hydroxylation sites is 3. The van der Waals surface area contributed by atoms with Crippen LogP contribution in [0.1, 0.15) is 23.6 Å². The van der Waals surface area contributed by atoms with Crippen LogP contribution in [0.3, 0.4) is 0 Å². The molecule has 0 fully saturated rings. The Labute approximate surface area is 243 Å². The minimum atomic E-state index is -0.145. The highest BCUT2D eigenvalue weighted by Crippen LogP contribution is 2.37. The summed E-state index contributed by atoms with van der Waals surface area (Å²) < 4.78 is 4.37. The number of benzene rings is 4. The molecule has 7 aromatic rings. The lowest BCUT2D eigenvalue weighted by atomic mass is 9.96. The molecule has 0 aliphatic heterocycles. The lowest BCUT2D eigenvalue weighted by Gasteiger charge is -2.17. The monoisotopic (exact) mass is 536 g/mol. The number of hydrogen-bond acceptors (Lipinski definition) is 2. The molecule has 2 heterocycles. The average molecular weight is 537 g/mol. The quantitative estimate of drug-likeness (QED) is 0.157. The molecule has 0 saturated heterocycles. The Morgan fingerprint density at radius 1 is 0.786 bits per heavy atom. The number of nitriles is 2. The summed E-state index contributed by atoms with van der Waals surface area (Å²) in [4.78, 5) is 0. The van der Waals surface area contributed by atoms with Gasteiger partial charge in [-0.3, -0.25) is 0 Å². The van der Waals surface area contributed by atoms with E-state index in [0.29, 0.717) is 23.1 Å². The Hall–Kier alpha value is -6.02. The third kappa shape index (κ3) is 3.77. The second kappa shape index (κ2) is 10.2. The fraction of sp³-hybridized carbons (Fsp3) is 0.0526. The van der Waals surface area contributed by atoms with Crippen LogP contribution in [0.15, 0.2) is 122 Å². The third-order valence-corrected chi connectivity index (χ3v) is 8.01. The minimum absolute atomic E-state index is 0.145. The Morgan fingerprint density at radius 2 is 1.43 bits per heavy atom. The standard InChI is InChI=1S/C38H24N4/c1-2-28(41-33-17-7-3-13-29(33)30-14-4-8-18-34(30)41)23-22-27(25-40)38-26(24-39)12-11-21-37(38)42-35-19-9-5-15-31(35)32-16-6-10-20-36(32)42/h2-7,9-17,19-22,28H,1,23H2/b27-22+. The van der Waals surface area contributed by atoms with E-state index in [4.69, 9.17) is 0 Å². The summed E-state index contributed by atoms with van der Waals surface area (Å²) in [7, 11) is 0. The number of allylic oxidation sites excluding steroid dienone is 3. The highest BCUT2D eigenvalue weighted by Gasteiger charge is 2.20. The van der Waals surface area contributed by atoms with Gasteiger partial charge in [0.05, 0.1) is 51.6 Å². The molecule has 0 aliphatic rings. The molecule has 0 radical (unpaired) electrons. The summed E-state index contributed by atoms with van der Waals surface area (Å²) in [6, 6.07) is 45.4. The van der Waals surface area contributed by atoms with Crippen LogP contribution in [-0.2, 0) is 0 Å². The first-order valence-electron chi connectivity index (χ1n) is 13.8. The van der Waals surface area contributed by atoms with Gasteiger partial charge in [-0.05, 0) is 55.0 Å². The van der Waals surface area contributed by atoms with E-state index >= 15 is 0 Å². The lowest BCUT2D eigenvalue weighted by Crippen LogP contribution is -2.06. The van der Waals surface area contributed by atoms with Gasteiger partial charge in [-0.1, -0.05) is 78.9 Å². The largest absolute Gasteiger partial charge is 0.326 e. The molecule has 0 N–H and O–H groups in total. The molecule has 1 unspecified atom stereocenters. The molecule has 2 aromatic heterocycles. The minimum Gasteiger partial charge on any atom is -0.326 e. The van der Waals surface area contributed by atoms with Crippen LogP contribution in [0.2, 0.25) is 0 Å². The third-order valence-electron chi connectivity index (χ3n) is 8.01. The number of nitrogens with zero attached hydrogens (tertiary/aromatic N) is 4. The van der Waals surface area contributed by atoms with Crippen LogP contribution in [0.5, 0.6) is 0 Å². The Morgan fingerprint density at radius 3 is 2.07 bits per heavy atom. The molecule has 0 bridgehead atoms. The fourth-order valence-electron chi connectivity index (χ4n) is 6.20. The summed E-state index contributed by atoms with van der Waals surface area (Å²) in [5.41, 5.74) is 6.39. The van der Waals surface area contributed by atoms with Gasteiger partial charge in [0.2, 0.25) is 0 Å². The van der Waals surface area contributed by atoms with Crippen LogP contribution in [0.25, 0.3) is 54.9 Å². The van der Waals surface area contributed by atoms with Crippen molar-refractivity contribution >= 4 is 49.2 Å². The van der Waals surface area contributed by atoms with Crippen molar-refractivity contribution in [3.63, 3.8) is 0 Å². The van der Waals surface area contributed by atoms with E-state index in [0.717, 1.165) is 49.3 Å². The van der Waals surface area contributed by atoms with E-state index in [-0.39, 0.29) is 6.04 Å². The van der Waals surface area contributed by atoms with Crippen LogP contribution in [-0.4, -0.2) is 9.13 Å². The maximum atomic E-state index is 10.5. The van der Waals surface area contributed by atoms with Crippen LogP contribution in [0, 0.1) is 34.8 Å². The van der Waals surface area contributed by atoms with Crippen LogP contribution in [0.4, 0.5) is 0 Å². The van der Waals surface area contributed by atoms with Crippen molar-refractivity contribution in [1.82, 2.24) is 9.13 Å². The summed E-state index contributed by atoms with van der Waals surface area (Å²) in [5.74, 6) is 0. The predicted molar refractivity (Wildman–Crippen MR) is 170 cm³/mol. The fourth-order valence-corrected chi connectivity index (χ4v) is 6.20. The molecule has 0 amide bonds. The van der Waals surface area contributed by atoms with Crippen LogP contribution >= 0.6 is 0 Å². The number of hydrogen-bond donors (Lipinski definition) is 0. The van der Waals surface area contributed by atoms with E-state index in [9.17, 15) is 10.5 Å². The molecule has 0 saturated carbocycles. The van der Waals surface area contributed by atoms with Gasteiger partial charge in [0.25, 0.3) is 0 Å². The predicted octanol–water partition coefficient (Wildman–Crippen LogP) is 9.09. The molecule has 4 heteroatoms. The SMILES string of the molecule is C=CC(C/C=C(\C#N)c1c(C#N)cccc1-n1c2ccccc2c2ccccc21)n1c2c#cccc2c2ccccc21. The van der Waals surface area contributed by atoms with Crippen molar-refractivity contribution in [1.29, 1.82) is 10.5 Å². The second-order valence-electron chi connectivity index (χ2n) is 10.2. The zero-order valence-electron chi connectivity index (χ0n) is 22.8. The Kier molecular flexibility index (Phi) is 6.06. The van der Waals surface area contributed by atoms with Crippen molar-refractivity contribution in [2.75, 3.05) is 0 Å². The molecular weight excluding hydrogens is 512 g/mol. The number of fused-ring (bicyclic) bond motifs is 6. The summed E-state index contributed by atoms with van der Waals surface area (Å²) in [6.07, 6.45) is 4.35. The van der Waals surface area contributed by atoms with Crippen molar-refractivity contribution in [3.05, 3.63) is 145 Å². The zero-order valence-corrected chi connectivity index (χ0v) is 22.8. The maximum absolute atomic E-state index is 10.5. The normalized spacial score (nSPS) is 12.3. The van der Waals surface area contributed by atoms with Gasteiger partial charge in [0.15, 0.2) is 0 Å². The molecule has 0 spiro atoms. The molecular formula is C38H24N4. The van der Waals surface area contributed by atoms with Gasteiger partial charge in [0, 0.05) is 27.1 Å².